The van der Waals surface area contributed by atoms with E-state index in [1.807, 2.05) is 0 Å². The lowest BCUT2D eigenvalue weighted by Crippen LogP contribution is -2.44. The van der Waals surface area contributed by atoms with Gasteiger partial charge in [-0.15, -0.1) is 0 Å². The molecule has 1 aliphatic rings. The van der Waals surface area contributed by atoms with Crippen molar-refractivity contribution in [2.24, 2.45) is 0 Å². The summed E-state index contributed by atoms with van der Waals surface area (Å²) in [5, 5.41) is 3.86. The van der Waals surface area contributed by atoms with Crippen LogP contribution < -0.4 is 11.2 Å². The Hall–Kier alpha value is -2.72. The molecule has 0 aliphatic carbocycles. The lowest BCUT2D eigenvalue weighted by Gasteiger charge is -2.31. The molecule has 136 valence electrons. The largest absolute Gasteiger partial charge is 0.363 e. The van der Waals surface area contributed by atoms with Crippen LogP contribution in [0.2, 0.25) is 0 Å². The van der Waals surface area contributed by atoms with Gasteiger partial charge >= 0.3 is 5.69 Å². The normalized spacial score (nSPS) is 16.9. The number of fused-ring (bicyclic) bond motifs is 1. The molecule has 1 aliphatic heterocycles. The SMILES string of the molecule is O=c1[nH]c2ccccc2c(=O)n1C1CCN(S(=O)(=O)c2cnoc2)CC1. The van der Waals surface area contributed by atoms with Crippen molar-refractivity contribution in [3.8, 4) is 0 Å². The van der Waals surface area contributed by atoms with Gasteiger partial charge in [-0.2, -0.15) is 4.31 Å². The summed E-state index contributed by atoms with van der Waals surface area (Å²) >= 11 is 0. The highest BCUT2D eigenvalue weighted by Crippen LogP contribution is 2.25. The van der Waals surface area contributed by atoms with Crippen LogP contribution in [-0.4, -0.2) is 40.5 Å². The number of aromatic nitrogens is 3. The molecule has 4 rings (SSSR count). The number of aromatic amines is 1. The molecule has 3 aromatic rings. The molecule has 3 heterocycles. The average Bonchev–Trinajstić information content (AvgIpc) is 3.18. The minimum Gasteiger partial charge on any atom is -0.363 e. The summed E-state index contributed by atoms with van der Waals surface area (Å²) in [6.45, 7) is 0.410. The van der Waals surface area contributed by atoms with E-state index >= 15 is 0 Å². The van der Waals surface area contributed by atoms with Crippen molar-refractivity contribution in [1.29, 1.82) is 0 Å². The highest BCUT2D eigenvalue weighted by molar-refractivity contribution is 7.89. The van der Waals surface area contributed by atoms with E-state index in [1.165, 1.54) is 8.87 Å². The molecule has 0 radical (unpaired) electrons. The number of hydrogen-bond donors (Lipinski definition) is 1. The minimum atomic E-state index is -3.68. The first-order valence-electron chi connectivity index (χ1n) is 8.11. The summed E-state index contributed by atoms with van der Waals surface area (Å²) in [4.78, 5) is 27.8. The van der Waals surface area contributed by atoms with E-state index in [9.17, 15) is 18.0 Å². The Morgan fingerprint density at radius 2 is 1.88 bits per heavy atom. The zero-order chi connectivity index (χ0) is 18.3. The number of hydrogen-bond acceptors (Lipinski definition) is 6. The highest BCUT2D eigenvalue weighted by Gasteiger charge is 2.32. The van der Waals surface area contributed by atoms with Gasteiger partial charge in [0.2, 0.25) is 10.0 Å². The van der Waals surface area contributed by atoms with Crippen molar-refractivity contribution < 1.29 is 12.9 Å². The number of benzene rings is 1. The molecule has 0 spiro atoms. The molecule has 1 N–H and O–H groups in total. The molecule has 1 fully saturated rings. The number of nitrogens with zero attached hydrogens (tertiary/aromatic N) is 3. The molecule has 0 unspecified atom stereocenters. The van der Waals surface area contributed by atoms with Crippen molar-refractivity contribution in [2.75, 3.05) is 13.1 Å². The standard InChI is InChI=1S/C16H16N4O5S/c21-15-13-3-1-2-4-14(13)18-16(22)20(15)11-5-7-19(8-6-11)26(23,24)12-9-17-25-10-12/h1-4,9-11H,5-8H2,(H,18,22). The molecule has 0 amide bonds. The lowest BCUT2D eigenvalue weighted by atomic mass is 10.1. The van der Waals surface area contributed by atoms with Crippen LogP contribution in [-0.2, 0) is 10.0 Å². The van der Waals surface area contributed by atoms with Crippen molar-refractivity contribution in [2.45, 2.75) is 23.8 Å². The third-order valence-electron chi connectivity index (χ3n) is 4.67. The van der Waals surface area contributed by atoms with Crippen molar-refractivity contribution in [1.82, 2.24) is 19.0 Å². The predicted octanol–water partition coefficient (Wildman–Crippen LogP) is 0.704. The van der Waals surface area contributed by atoms with Crippen LogP contribution in [0.4, 0.5) is 0 Å². The quantitative estimate of drug-likeness (QED) is 0.719. The van der Waals surface area contributed by atoms with Gasteiger partial charge in [-0.05, 0) is 25.0 Å². The fourth-order valence-corrected chi connectivity index (χ4v) is 4.65. The predicted molar refractivity (Wildman–Crippen MR) is 92.4 cm³/mol. The van der Waals surface area contributed by atoms with Gasteiger partial charge in [0, 0.05) is 19.1 Å². The average molecular weight is 376 g/mol. The molecular weight excluding hydrogens is 360 g/mol. The van der Waals surface area contributed by atoms with Crippen LogP contribution in [0.5, 0.6) is 0 Å². The van der Waals surface area contributed by atoms with Crippen LogP contribution in [0.25, 0.3) is 10.9 Å². The van der Waals surface area contributed by atoms with Gasteiger partial charge in [-0.25, -0.2) is 13.2 Å². The summed E-state index contributed by atoms with van der Waals surface area (Å²) in [5.74, 6) is 0. The Bertz CT molecular complexity index is 1160. The molecular formula is C16H16N4O5S. The van der Waals surface area contributed by atoms with E-state index in [2.05, 4.69) is 14.7 Å². The molecule has 9 nitrogen and oxygen atoms in total. The first-order chi connectivity index (χ1) is 12.5. The Kier molecular flexibility index (Phi) is 4.00. The van der Waals surface area contributed by atoms with Gasteiger partial charge in [0.15, 0.2) is 0 Å². The molecule has 0 saturated carbocycles. The van der Waals surface area contributed by atoms with E-state index in [0.29, 0.717) is 23.7 Å². The van der Waals surface area contributed by atoms with E-state index in [-0.39, 0.29) is 29.6 Å². The summed E-state index contributed by atoms with van der Waals surface area (Å²) in [7, 11) is -3.68. The van der Waals surface area contributed by atoms with Gasteiger partial charge in [0.25, 0.3) is 5.56 Å². The van der Waals surface area contributed by atoms with E-state index in [4.69, 9.17) is 0 Å². The van der Waals surface area contributed by atoms with E-state index in [1.54, 1.807) is 24.3 Å². The first kappa shape index (κ1) is 16.7. The summed E-state index contributed by atoms with van der Waals surface area (Å²) in [6.07, 6.45) is 2.97. The van der Waals surface area contributed by atoms with E-state index in [0.717, 1.165) is 12.5 Å². The second kappa shape index (κ2) is 6.22. The Labute approximate surface area is 147 Å². The second-order valence-corrected chi connectivity index (χ2v) is 8.08. The Morgan fingerprint density at radius 3 is 2.58 bits per heavy atom. The summed E-state index contributed by atoms with van der Waals surface area (Å²) < 4.78 is 32.1. The molecule has 0 atom stereocenters. The fraction of sp³-hybridized carbons (Fsp3) is 0.312. The third kappa shape index (κ3) is 2.67. The van der Waals surface area contributed by atoms with Crippen molar-refractivity contribution in [3.05, 3.63) is 57.6 Å². The lowest BCUT2D eigenvalue weighted by molar-refractivity contribution is 0.266. The first-order valence-corrected chi connectivity index (χ1v) is 9.55. The molecule has 2 aromatic heterocycles. The van der Waals surface area contributed by atoms with Gasteiger partial charge < -0.3 is 9.51 Å². The molecule has 1 saturated heterocycles. The number of sulfonamides is 1. The van der Waals surface area contributed by atoms with Crippen molar-refractivity contribution >= 4 is 20.9 Å². The highest BCUT2D eigenvalue weighted by atomic mass is 32.2. The summed E-state index contributed by atoms with van der Waals surface area (Å²) in [6, 6.07) is 6.47. The smallest absolute Gasteiger partial charge is 0.329 e. The van der Waals surface area contributed by atoms with Gasteiger partial charge in [-0.1, -0.05) is 17.3 Å². The van der Waals surface area contributed by atoms with Crippen LogP contribution in [0, 0.1) is 0 Å². The van der Waals surface area contributed by atoms with E-state index < -0.39 is 15.7 Å². The molecule has 1 aromatic carbocycles. The maximum absolute atomic E-state index is 12.7. The van der Waals surface area contributed by atoms with Gasteiger partial charge in [0.05, 0.1) is 17.1 Å². The Morgan fingerprint density at radius 1 is 1.15 bits per heavy atom. The van der Waals surface area contributed by atoms with Crippen molar-refractivity contribution in [3.63, 3.8) is 0 Å². The van der Waals surface area contributed by atoms with Crippen LogP contribution >= 0.6 is 0 Å². The number of H-pyrrole nitrogens is 1. The monoisotopic (exact) mass is 376 g/mol. The minimum absolute atomic E-state index is 0.00308. The van der Waals surface area contributed by atoms with Crippen LogP contribution in [0.3, 0.4) is 0 Å². The zero-order valence-corrected chi connectivity index (χ0v) is 14.5. The number of nitrogens with one attached hydrogen (secondary N) is 1. The third-order valence-corrected chi connectivity index (χ3v) is 6.52. The molecule has 26 heavy (non-hydrogen) atoms. The molecule has 0 bridgehead atoms. The molecule has 10 heteroatoms. The number of piperidine rings is 1. The Balaban J connectivity index is 1.62. The zero-order valence-electron chi connectivity index (χ0n) is 13.7. The van der Waals surface area contributed by atoms with Crippen LogP contribution in [0.15, 0.2) is 55.7 Å². The van der Waals surface area contributed by atoms with Gasteiger partial charge in [0.1, 0.15) is 11.2 Å². The van der Waals surface area contributed by atoms with Gasteiger partial charge in [-0.3, -0.25) is 9.36 Å². The maximum atomic E-state index is 12.7. The van der Waals surface area contributed by atoms with Crippen LogP contribution in [0.1, 0.15) is 18.9 Å². The fourth-order valence-electron chi connectivity index (χ4n) is 3.32. The maximum Gasteiger partial charge on any atom is 0.329 e. The number of para-hydroxylation sites is 1. The second-order valence-electron chi connectivity index (χ2n) is 6.15. The number of rotatable bonds is 3. The summed E-state index contributed by atoms with van der Waals surface area (Å²) in [5.41, 5.74) is -0.343. The topological polar surface area (TPSA) is 118 Å².